The minimum absolute atomic E-state index is 0.637. The molecular weight excluding hydrogens is 180 g/mol. The van der Waals surface area contributed by atoms with Gasteiger partial charge in [0.2, 0.25) is 0 Å². The maximum atomic E-state index is 9.22. The molecular formula is C5H7BrMgO. The van der Waals surface area contributed by atoms with E-state index in [2.05, 4.69) is 26.0 Å². The minimum atomic E-state index is -0.792. The molecule has 0 aromatic heterocycles. The highest BCUT2D eigenvalue weighted by atomic mass is 79.9. The summed E-state index contributed by atoms with van der Waals surface area (Å²) in [4.78, 5) is 0. The van der Waals surface area contributed by atoms with E-state index in [4.69, 9.17) is 0 Å². The molecule has 0 saturated heterocycles. The molecule has 0 spiro atoms. The molecule has 0 rings (SSSR count). The van der Waals surface area contributed by atoms with Crippen LogP contribution in [0, 0.1) is 0 Å². The third kappa shape index (κ3) is 2.30. The van der Waals surface area contributed by atoms with E-state index in [1.807, 2.05) is 0 Å². The van der Waals surface area contributed by atoms with E-state index in [0.717, 1.165) is 0 Å². The number of halogens is 1. The number of aliphatic hydroxyl groups is 1. The Balaban J connectivity index is 3.96. The van der Waals surface area contributed by atoms with Crippen LogP contribution in [0.1, 0.15) is 0 Å². The van der Waals surface area contributed by atoms with Crippen LogP contribution in [0.5, 0.6) is 0 Å². The summed E-state index contributed by atoms with van der Waals surface area (Å²) >= 11 is 2.60. The van der Waals surface area contributed by atoms with Gasteiger partial charge >= 0.3 is 18.2 Å². The molecule has 0 fully saturated rings. The summed E-state index contributed by atoms with van der Waals surface area (Å²) in [5.41, 5.74) is 0. The molecule has 42 valence electrons. The lowest BCUT2D eigenvalue weighted by atomic mass is 10.3. The summed E-state index contributed by atoms with van der Waals surface area (Å²) in [7, 11) is 0. The normalized spacial score (nSPS) is 9.75. The van der Waals surface area contributed by atoms with E-state index in [-0.39, 0.29) is 0 Å². The monoisotopic (exact) mass is 186 g/mol. The van der Waals surface area contributed by atoms with Crippen LogP contribution in [0.2, 0.25) is 0 Å². The lowest BCUT2D eigenvalue weighted by Crippen LogP contribution is -2.26. The SMILES string of the molecule is C=C[C](O)(C=C)[Mg][Br]. The Morgan fingerprint density at radius 3 is 1.88 bits per heavy atom. The van der Waals surface area contributed by atoms with Crippen LogP contribution in [0.3, 0.4) is 0 Å². The van der Waals surface area contributed by atoms with Gasteiger partial charge in [0.05, 0.1) is 0 Å². The van der Waals surface area contributed by atoms with Crippen LogP contribution in [-0.4, -0.2) is 27.0 Å². The van der Waals surface area contributed by atoms with Gasteiger partial charge in [-0.15, -0.1) is 13.2 Å². The molecule has 0 aliphatic heterocycles. The molecule has 0 radical (unpaired) electrons. The van der Waals surface area contributed by atoms with Crippen LogP contribution < -0.4 is 0 Å². The van der Waals surface area contributed by atoms with Crippen molar-refractivity contribution in [2.75, 3.05) is 0 Å². The quantitative estimate of drug-likeness (QED) is 0.517. The second-order valence-electron chi connectivity index (χ2n) is 1.53. The van der Waals surface area contributed by atoms with Crippen molar-refractivity contribution in [2.45, 2.75) is 3.73 Å². The fourth-order valence-electron chi connectivity index (χ4n) is 0.192. The lowest BCUT2D eigenvalue weighted by Gasteiger charge is -2.14. The minimum Gasteiger partial charge on any atom is -0.409 e. The van der Waals surface area contributed by atoms with Gasteiger partial charge in [-0.1, -0.05) is 12.2 Å². The van der Waals surface area contributed by atoms with Gasteiger partial charge in [-0.2, -0.15) is 0 Å². The Hall–Kier alpha value is 0.686. The Labute approximate surface area is 65.1 Å². The first-order valence-electron chi connectivity index (χ1n) is 2.24. The molecule has 0 aromatic carbocycles. The second kappa shape index (κ2) is 3.66. The summed E-state index contributed by atoms with van der Waals surface area (Å²) in [5, 5.41) is 9.22. The van der Waals surface area contributed by atoms with Crippen LogP contribution in [0.4, 0.5) is 0 Å². The first kappa shape index (κ1) is 8.69. The number of hydrogen-bond acceptors (Lipinski definition) is 1. The van der Waals surface area contributed by atoms with Crippen molar-refractivity contribution in [1.82, 2.24) is 0 Å². The molecule has 1 N–H and O–H groups in total. The van der Waals surface area contributed by atoms with E-state index in [0.29, 0.717) is 0 Å². The lowest BCUT2D eigenvalue weighted by molar-refractivity contribution is 0.229. The predicted octanol–water partition coefficient (Wildman–Crippen LogP) is 1.06. The van der Waals surface area contributed by atoms with E-state index in [1.165, 1.54) is 12.2 Å². The van der Waals surface area contributed by atoms with Gasteiger partial charge in [0.15, 0.2) is 0 Å². The summed E-state index contributed by atoms with van der Waals surface area (Å²) in [5.74, 6) is 0. The van der Waals surface area contributed by atoms with Crippen molar-refractivity contribution in [2.24, 2.45) is 0 Å². The molecule has 0 aliphatic rings. The topological polar surface area (TPSA) is 20.2 Å². The summed E-state index contributed by atoms with van der Waals surface area (Å²) < 4.78 is -0.792. The number of hydrogen-bond donors (Lipinski definition) is 1. The van der Waals surface area contributed by atoms with Crippen molar-refractivity contribution in [3.8, 4) is 0 Å². The Bertz CT molecular complexity index is 94.6. The van der Waals surface area contributed by atoms with E-state index in [9.17, 15) is 5.11 Å². The van der Waals surface area contributed by atoms with Gasteiger partial charge in [0.1, 0.15) is 0 Å². The molecule has 0 atom stereocenters. The van der Waals surface area contributed by atoms with Gasteiger partial charge < -0.3 is 5.11 Å². The standard InChI is InChI=1S/C5H7O.BrH.Mg/c1-3-5(6)4-2;;/h3-4,6H,1-2H2;1H;/q;;+1/p-1. The molecule has 0 amide bonds. The Kier molecular flexibility index (Phi) is 3.98. The maximum absolute atomic E-state index is 9.22. The van der Waals surface area contributed by atoms with Gasteiger partial charge in [-0.05, 0) is 0 Å². The number of rotatable bonds is 3. The zero-order valence-corrected chi connectivity index (χ0v) is 7.60. The first-order valence-corrected chi connectivity index (χ1v) is 6.84. The molecule has 0 aliphatic carbocycles. The largest absolute Gasteiger partial charge is 0.525 e. The average molecular weight is 187 g/mol. The maximum Gasteiger partial charge on any atom is 0.525 e. The van der Waals surface area contributed by atoms with Crippen molar-refractivity contribution >= 4 is 31.1 Å². The van der Waals surface area contributed by atoms with Crippen LogP contribution in [-0.2, 0) is 0 Å². The average Bonchev–Trinajstić information content (AvgIpc) is 1.87. The molecule has 1 nitrogen and oxygen atoms in total. The first-order chi connectivity index (χ1) is 3.68. The van der Waals surface area contributed by atoms with Gasteiger partial charge in [-0.25, -0.2) is 0 Å². The third-order valence-electron chi connectivity index (χ3n) is 0.921. The van der Waals surface area contributed by atoms with Crippen LogP contribution in [0.15, 0.2) is 25.3 Å². The molecule has 0 aromatic rings. The molecule has 0 unspecified atom stereocenters. The highest BCUT2D eigenvalue weighted by Crippen LogP contribution is 2.06. The zero-order chi connectivity index (χ0) is 6.62. The molecule has 0 heterocycles. The van der Waals surface area contributed by atoms with Gasteiger partial charge in [0.25, 0.3) is 0 Å². The van der Waals surface area contributed by atoms with Crippen LogP contribution in [0.25, 0.3) is 0 Å². The molecule has 0 bridgehead atoms. The fourth-order valence-corrected chi connectivity index (χ4v) is 1.78. The Morgan fingerprint density at radius 2 is 1.88 bits per heavy atom. The van der Waals surface area contributed by atoms with Gasteiger partial charge in [0, 0.05) is 3.73 Å². The fraction of sp³-hybridized carbons (Fsp3) is 0.200. The molecule has 0 saturated carbocycles. The van der Waals surface area contributed by atoms with E-state index >= 15 is 0 Å². The molecule has 3 heteroatoms. The summed E-state index contributed by atoms with van der Waals surface area (Å²) in [6.07, 6.45) is 3.00. The third-order valence-corrected chi connectivity index (χ3v) is 4.62. The van der Waals surface area contributed by atoms with Crippen LogP contribution >= 0.6 is 12.9 Å². The molecule has 8 heavy (non-hydrogen) atoms. The van der Waals surface area contributed by atoms with Crippen molar-refractivity contribution < 1.29 is 5.11 Å². The summed E-state index contributed by atoms with van der Waals surface area (Å²) in [6.45, 7) is 6.92. The zero-order valence-electron chi connectivity index (χ0n) is 4.60. The Morgan fingerprint density at radius 1 is 1.50 bits per heavy atom. The van der Waals surface area contributed by atoms with E-state index in [1.54, 1.807) is 0 Å². The smallest absolute Gasteiger partial charge is 0.409 e. The second-order valence-corrected chi connectivity index (χ2v) is 4.62. The van der Waals surface area contributed by atoms with Crippen molar-refractivity contribution in [3.05, 3.63) is 25.3 Å². The highest BCUT2D eigenvalue weighted by molar-refractivity contribution is 9.23. The van der Waals surface area contributed by atoms with Gasteiger partial charge in [-0.3, -0.25) is 12.9 Å². The summed E-state index contributed by atoms with van der Waals surface area (Å²) in [6, 6.07) is 0. The van der Waals surface area contributed by atoms with Crippen molar-refractivity contribution in [3.63, 3.8) is 0 Å². The predicted molar refractivity (Wildman–Crippen MR) is 40.0 cm³/mol. The highest BCUT2D eigenvalue weighted by Gasteiger charge is 2.18. The van der Waals surface area contributed by atoms with E-state index < -0.39 is 21.9 Å². The van der Waals surface area contributed by atoms with Crippen molar-refractivity contribution in [1.29, 1.82) is 0 Å².